The van der Waals surface area contributed by atoms with Crippen LogP contribution in [0.5, 0.6) is 0 Å². The predicted molar refractivity (Wildman–Crippen MR) is 77.0 cm³/mol. The van der Waals surface area contributed by atoms with E-state index in [1.165, 1.54) is 0 Å². The second-order valence-electron chi connectivity index (χ2n) is 5.54. The molecular weight excluding hydrogens is 283 g/mol. The summed E-state index contributed by atoms with van der Waals surface area (Å²) in [5, 5.41) is 16.7. The van der Waals surface area contributed by atoms with Gasteiger partial charge in [0.05, 0.1) is 12.0 Å². The van der Waals surface area contributed by atoms with Crippen LogP contribution < -0.4 is 0 Å². The Morgan fingerprint density at radius 1 is 1.45 bits per heavy atom. The average Bonchev–Trinajstić information content (AvgIpc) is 2.24. The van der Waals surface area contributed by atoms with E-state index in [0.29, 0.717) is 12.1 Å². The summed E-state index contributed by atoms with van der Waals surface area (Å²) < 4.78 is 11.4. The van der Waals surface area contributed by atoms with Crippen molar-refractivity contribution in [3.8, 4) is 0 Å². The summed E-state index contributed by atoms with van der Waals surface area (Å²) in [4.78, 5) is 21.5. The summed E-state index contributed by atoms with van der Waals surface area (Å²) in [7, 11) is -0.361. The molecule has 2 atom stereocenters. The molecular formula is C12H21BO6S. The van der Waals surface area contributed by atoms with E-state index in [1.54, 1.807) is 0 Å². The van der Waals surface area contributed by atoms with Crippen molar-refractivity contribution < 1.29 is 29.1 Å². The topological polar surface area (TPSA) is 93.1 Å². The van der Waals surface area contributed by atoms with E-state index < -0.39 is 17.2 Å². The fourth-order valence-electron chi connectivity index (χ4n) is 2.24. The zero-order valence-corrected chi connectivity index (χ0v) is 12.8. The van der Waals surface area contributed by atoms with Crippen LogP contribution in [0.2, 0.25) is 6.32 Å². The van der Waals surface area contributed by atoms with Gasteiger partial charge in [0.25, 0.3) is 0 Å². The second kappa shape index (κ2) is 7.33. The summed E-state index contributed by atoms with van der Waals surface area (Å²) in [5.41, 5.74) is -0.250. The molecule has 0 radical (unpaired) electrons. The third kappa shape index (κ3) is 6.15. The van der Waals surface area contributed by atoms with Crippen LogP contribution in [0.25, 0.3) is 0 Å². The van der Waals surface area contributed by atoms with Crippen LogP contribution in [0.1, 0.15) is 33.6 Å². The number of hydrogen-bond acceptors (Lipinski definition) is 5. The second-order valence-corrected chi connectivity index (χ2v) is 6.85. The molecule has 0 saturated carbocycles. The van der Waals surface area contributed by atoms with Crippen molar-refractivity contribution in [3.63, 3.8) is 0 Å². The first kappa shape index (κ1) is 17.3. The largest absolute Gasteiger partial charge is 0.481 e. The van der Waals surface area contributed by atoms with Gasteiger partial charge in [0.15, 0.2) is 0 Å². The van der Waals surface area contributed by atoms with Gasteiger partial charge < -0.3 is 19.5 Å². The Hall–Kier alpha value is -0.725. The van der Waals surface area contributed by atoms with E-state index in [0.717, 1.165) is 18.2 Å². The Balaban J connectivity index is 2.38. The number of carbonyl (C=O) groups is 2. The van der Waals surface area contributed by atoms with E-state index in [-0.39, 0.29) is 25.2 Å². The molecule has 6 nitrogen and oxygen atoms in total. The third-order valence-corrected chi connectivity index (χ3v) is 4.16. The molecule has 1 saturated heterocycles. The molecule has 0 spiro atoms. The number of carboxylic acid groups (broad SMARTS) is 2. The third-order valence-electron chi connectivity index (χ3n) is 2.92. The highest BCUT2D eigenvalue weighted by Gasteiger charge is 2.36. The first-order valence-electron chi connectivity index (χ1n) is 6.59. The van der Waals surface area contributed by atoms with Crippen molar-refractivity contribution in [2.45, 2.75) is 56.9 Å². The molecule has 1 heterocycles. The Morgan fingerprint density at radius 3 is 2.60 bits per heavy atom. The molecule has 114 valence electrons. The molecule has 0 bridgehead atoms. The van der Waals surface area contributed by atoms with Gasteiger partial charge in [-0.25, -0.2) is 0 Å². The highest BCUT2D eigenvalue weighted by atomic mass is 32.2. The van der Waals surface area contributed by atoms with Crippen LogP contribution in [0.4, 0.5) is 0 Å². The summed E-state index contributed by atoms with van der Waals surface area (Å²) in [5.74, 6) is -1.72. The molecule has 1 fully saturated rings. The van der Waals surface area contributed by atoms with Crippen molar-refractivity contribution in [2.24, 2.45) is 0 Å². The maximum Gasteiger partial charge on any atom is 0.458 e. The smallest absolute Gasteiger partial charge is 0.458 e. The van der Waals surface area contributed by atoms with Gasteiger partial charge in [0.1, 0.15) is 5.25 Å². The Labute approximate surface area is 123 Å². The number of thioether (sulfide) groups is 1. The molecule has 0 aromatic carbocycles. The van der Waals surface area contributed by atoms with Crippen LogP contribution in [-0.4, -0.2) is 52.0 Å². The SMILES string of the molecule is CC1CC(C)(C)OB(CCSC(CC(=O)O)C(=O)O)O1. The number of aliphatic carboxylic acids is 2. The number of carboxylic acids is 2. The fourth-order valence-corrected chi connectivity index (χ4v) is 3.26. The van der Waals surface area contributed by atoms with Gasteiger partial charge >= 0.3 is 19.1 Å². The zero-order valence-electron chi connectivity index (χ0n) is 12.0. The summed E-state index contributed by atoms with van der Waals surface area (Å²) >= 11 is 1.11. The molecule has 1 rings (SSSR count). The molecule has 20 heavy (non-hydrogen) atoms. The molecule has 0 amide bonds. The highest BCUT2D eigenvalue weighted by Crippen LogP contribution is 2.28. The van der Waals surface area contributed by atoms with Crippen LogP contribution >= 0.6 is 11.8 Å². The molecule has 1 aliphatic rings. The van der Waals surface area contributed by atoms with E-state index in [2.05, 4.69) is 0 Å². The monoisotopic (exact) mass is 304 g/mol. The van der Waals surface area contributed by atoms with E-state index in [4.69, 9.17) is 19.5 Å². The summed E-state index contributed by atoms with van der Waals surface area (Å²) in [6.07, 6.45) is 1.08. The molecule has 2 unspecified atom stereocenters. The van der Waals surface area contributed by atoms with Crippen molar-refractivity contribution >= 4 is 30.8 Å². The lowest BCUT2D eigenvalue weighted by atomic mass is 9.80. The van der Waals surface area contributed by atoms with E-state index in [1.807, 2.05) is 20.8 Å². The molecule has 1 aliphatic heterocycles. The summed E-state index contributed by atoms with van der Waals surface area (Å²) in [6, 6.07) is 0. The maximum atomic E-state index is 10.9. The van der Waals surface area contributed by atoms with Crippen LogP contribution in [0.3, 0.4) is 0 Å². The number of rotatable bonds is 7. The van der Waals surface area contributed by atoms with E-state index >= 15 is 0 Å². The molecule has 2 N–H and O–H groups in total. The summed E-state index contributed by atoms with van der Waals surface area (Å²) in [6.45, 7) is 5.97. The van der Waals surface area contributed by atoms with Gasteiger partial charge in [-0.05, 0) is 39.3 Å². The van der Waals surface area contributed by atoms with Gasteiger partial charge in [-0.15, -0.1) is 11.8 Å². The molecule has 0 aliphatic carbocycles. The van der Waals surface area contributed by atoms with Crippen molar-refractivity contribution in [1.82, 2.24) is 0 Å². The first-order valence-corrected chi connectivity index (χ1v) is 7.64. The van der Waals surface area contributed by atoms with Crippen molar-refractivity contribution in [3.05, 3.63) is 0 Å². The van der Waals surface area contributed by atoms with Crippen LogP contribution in [0, 0.1) is 0 Å². The average molecular weight is 304 g/mol. The van der Waals surface area contributed by atoms with Crippen LogP contribution in [0.15, 0.2) is 0 Å². The Kier molecular flexibility index (Phi) is 6.35. The van der Waals surface area contributed by atoms with E-state index in [9.17, 15) is 9.59 Å². The van der Waals surface area contributed by atoms with Crippen LogP contribution in [-0.2, 0) is 18.9 Å². The van der Waals surface area contributed by atoms with Crippen molar-refractivity contribution in [2.75, 3.05) is 5.75 Å². The Morgan fingerprint density at radius 2 is 2.10 bits per heavy atom. The molecule has 0 aromatic heterocycles. The van der Waals surface area contributed by atoms with Gasteiger partial charge in [-0.3, -0.25) is 9.59 Å². The minimum absolute atomic E-state index is 0.100. The number of hydrogen-bond donors (Lipinski definition) is 2. The van der Waals surface area contributed by atoms with Gasteiger partial charge in [-0.1, -0.05) is 0 Å². The maximum absolute atomic E-state index is 10.9. The molecule has 8 heteroatoms. The lowest BCUT2D eigenvalue weighted by Gasteiger charge is -2.38. The van der Waals surface area contributed by atoms with Crippen molar-refractivity contribution in [1.29, 1.82) is 0 Å². The quantitative estimate of drug-likeness (QED) is 0.692. The standard InChI is InChI=1S/C12H21BO6S/c1-8-7-12(2,3)19-13(18-8)4-5-20-9(11(16)17)6-10(14)15/h8-9H,4-7H2,1-3H3,(H,14,15)(H,16,17). The predicted octanol–water partition coefficient (Wildman–Crippen LogP) is 1.74. The minimum atomic E-state index is -1.11. The lowest BCUT2D eigenvalue weighted by Crippen LogP contribution is -2.46. The lowest BCUT2D eigenvalue weighted by molar-refractivity contribution is -0.142. The zero-order chi connectivity index (χ0) is 15.3. The Bertz CT molecular complexity index is 362. The minimum Gasteiger partial charge on any atom is -0.481 e. The van der Waals surface area contributed by atoms with Gasteiger partial charge in [0.2, 0.25) is 0 Å². The van der Waals surface area contributed by atoms with Gasteiger partial charge in [0, 0.05) is 6.10 Å². The normalized spacial score (nSPS) is 23.4. The first-order chi connectivity index (χ1) is 9.19. The fraction of sp³-hybridized carbons (Fsp3) is 0.833. The van der Waals surface area contributed by atoms with Gasteiger partial charge in [-0.2, -0.15) is 0 Å². The molecule has 0 aromatic rings. The highest BCUT2D eigenvalue weighted by molar-refractivity contribution is 8.00.